The van der Waals surface area contributed by atoms with Gasteiger partial charge in [-0.2, -0.15) is 0 Å². The second-order valence-electron chi connectivity index (χ2n) is 5.55. The number of hydrogen-bond donors (Lipinski definition) is 1. The van der Waals surface area contributed by atoms with Gasteiger partial charge in [-0.05, 0) is 75.9 Å². The normalized spacial score (nSPS) is 17.0. The SMILES string of the molecule is CCCNCCC1(Oc2ccc(Br)cc2C)CCC1. The van der Waals surface area contributed by atoms with Gasteiger partial charge in [0.05, 0.1) is 0 Å². The first-order valence-corrected chi connectivity index (χ1v) is 8.10. The van der Waals surface area contributed by atoms with E-state index in [-0.39, 0.29) is 5.60 Å². The minimum absolute atomic E-state index is 0.0827. The van der Waals surface area contributed by atoms with Crippen molar-refractivity contribution >= 4 is 15.9 Å². The molecule has 106 valence electrons. The number of benzene rings is 1. The molecule has 1 aromatic rings. The van der Waals surface area contributed by atoms with E-state index in [0.29, 0.717) is 0 Å². The van der Waals surface area contributed by atoms with Crippen LogP contribution in [0, 0.1) is 6.92 Å². The van der Waals surface area contributed by atoms with Crippen molar-refractivity contribution in [1.29, 1.82) is 0 Å². The van der Waals surface area contributed by atoms with Crippen molar-refractivity contribution in [3.8, 4) is 5.75 Å². The third kappa shape index (κ3) is 3.96. The quantitative estimate of drug-likeness (QED) is 0.748. The van der Waals surface area contributed by atoms with Crippen molar-refractivity contribution in [3.63, 3.8) is 0 Å². The first kappa shape index (κ1) is 14.9. The summed E-state index contributed by atoms with van der Waals surface area (Å²) in [5, 5.41) is 3.48. The molecule has 1 fully saturated rings. The highest BCUT2D eigenvalue weighted by Gasteiger charge is 2.39. The van der Waals surface area contributed by atoms with Gasteiger partial charge in [0.2, 0.25) is 0 Å². The van der Waals surface area contributed by atoms with E-state index < -0.39 is 0 Å². The molecule has 1 saturated carbocycles. The maximum atomic E-state index is 6.34. The van der Waals surface area contributed by atoms with Gasteiger partial charge in [0, 0.05) is 4.47 Å². The average Bonchev–Trinajstić information content (AvgIpc) is 2.34. The number of aryl methyl sites for hydroxylation is 1. The van der Waals surface area contributed by atoms with Gasteiger partial charge in [-0.25, -0.2) is 0 Å². The molecule has 0 bridgehead atoms. The molecule has 0 radical (unpaired) electrons. The number of nitrogens with one attached hydrogen (secondary N) is 1. The van der Waals surface area contributed by atoms with Crippen LogP contribution in [0.15, 0.2) is 22.7 Å². The Morgan fingerprint density at radius 1 is 1.32 bits per heavy atom. The Labute approximate surface area is 125 Å². The van der Waals surface area contributed by atoms with E-state index in [0.717, 1.165) is 29.7 Å². The summed E-state index contributed by atoms with van der Waals surface area (Å²) < 4.78 is 7.46. The van der Waals surface area contributed by atoms with Crippen molar-refractivity contribution in [2.24, 2.45) is 0 Å². The molecule has 0 heterocycles. The van der Waals surface area contributed by atoms with Gasteiger partial charge in [0.1, 0.15) is 11.4 Å². The van der Waals surface area contributed by atoms with E-state index in [4.69, 9.17) is 4.74 Å². The molecule has 2 rings (SSSR count). The summed E-state index contributed by atoms with van der Waals surface area (Å²) in [5.74, 6) is 1.04. The zero-order valence-corrected chi connectivity index (χ0v) is 13.6. The Morgan fingerprint density at radius 2 is 2.11 bits per heavy atom. The summed E-state index contributed by atoms with van der Waals surface area (Å²) in [6, 6.07) is 6.26. The lowest BCUT2D eigenvalue weighted by molar-refractivity contribution is -0.0147. The molecule has 1 aliphatic carbocycles. The Bertz CT molecular complexity index is 415. The lowest BCUT2D eigenvalue weighted by Crippen LogP contribution is -2.45. The van der Waals surface area contributed by atoms with E-state index in [1.165, 1.54) is 31.2 Å². The van der Waals surface area contributed by atoms with Gasteiger partial charge in [-0.3, -0.25) is 0 Å². The molecule has 2 nitrogen and oxygen atoms in total. The minimum Gasteiger partial charge on any atom is -0.487 e. The summed E-state index contributed by atoms with van der Waals surface area (Å²) in [6.07, 6.45) is 5.98. The number of halogens is 1. The predicted molar refractivity (Wildman–Crippen MR) is 83.9 cm³/mol. The molecule has 0 unspecified atom stereocenters. The lowest BCUT2D eigenvalue weighted by Gasteiger charge is -2.42. The first-order valence-electron chi connectivity index (χ1n) is 7.31. The van der Waals surface area contributed by atoms with Gasteiger partial charge >= 0.3 is 0 Å². The Morgan fingerprint density at radius 3 is 2.68 bits per heavy atom. The molecule has 0 aliphatic heterocycles. The molecule has 1 aliphatic rings. The summed E-state index contributed by atoms with van der Waals surface area (Å²) in [6.45, 7) is 6.48. The maximum absolute atomic E-state index is 6.34. The largest absolute Gasteiger partial charge is 0.487 e. The molecular formula is C16H24BrNO. The van der Waals surface area contributed by atoms with Gasteiger partial charge in [0.25, 0.3) is 0 Å². The second kappa shape index (κ2) is 6.76. The van der Waals surface area contributed by atoms with Crippen LogP contribution in [0.2, 0.25) is 0 Å². The number of hydrogen-bond acceptors (Lipinski definition) is 2. The fourth-order valence-corrected chi connectivity index (χ4v) is 3.03. The minimum atomic E-state index is 0.0827. The molecule has 0 spiro atoms. The van der Waals surface area contributed by atoms with Gasteiger partial charge in [-0.15, -0.1) is 0 Å². The van der Waals surface area contributed by atoms with Crippen LogP contribution in [0.5, 0.6) is 5.75 Å². The number of rotatable bonds is 7. The number of ether oxygens (including phenoxy) is 1. The van der Waals surface area contributed by atoms with Crippen LogP contribution in [-0.4, -0.2) is 18.7 Å². The lowest BCUT2D eigenvalue weighted by atomic mass is 9.77. The maximum Gasteiger partial charge on any atom is 0.123 e. The predicted octanol–water partition coefficient (Wildman–Crippen LogP) is 4.45. The van der Waals surface area contributed by atoms with Crippen LogP contribution >= 0.6 is 15.9 Å². The highest BCUT2D eigenvalue weighted by Crippen LogP contribution is 2.40. The van der Waals surface area contributed by atoms with Crippen molar-refractivity contribution in [2.45, 2.75) is 51.6 Å². The third-order valence-corrected chi connectivity index (χ3v) is 4.41. The van der Waals surface area contributed by atoms with Gasteiger partial charge in [-0.1, -0.05) is 22.9 Å². The van der Waals surface area contributed by atoms with E-state index in [9.17, 15) is 0 Å². The van der Waals surface area contributed by atoms with Crippen LogP contribution in [0.4, 0.5) is 0 Å². The molecule has 0 amide bonds. The second-order valence-corrected chi connectivity index (χ2v) is 6.46. The molecule has 3 heteroatoms. The van der Waals surface area contributed by atoms with Crippen LogP contribution in [0.3, 0.4) is 0 Å². The first-order chi connectivity index (χ1) is 9.15. The van der Waals surface area contributed by atoms with Crippen molar-refractivity contribution in [2.75, 3.05) is 13.1 Å². The molecule has 0 atom stereocenters. The summed E-state index contributed by atoms with van der Waals surface area (Å²) >= 11 is 3.50. The molecule has 0 aromatic heterocycles. The molecule has 19 heavy (non-hydrogen) atoms. The fraction of sp³-hybridized carbons (Fsp3) is 0.625. The topological polar surface area (TPSA) is 21.3 Å². The monoisotopic (exact) mass is 325 g/mol. The Kier molecular flexibility index (Phi) is 5.28. The Balaban J connectivity index is 1.94. The molecule has 1 aromatic carbocycles. The van der Waals surface area contributed by atoms with Crippen molar-refractivity contribution in [3.05, 3.63) is 28.2 Å². The standard InChI is InChI=1S/C16H24BrNO/c1-3-10-18-11-9-16(7-4-8-16)19-15-6-5-14(17)12-13(15)2/h5-6,12,18H,3-4,7-11H2,1-2H3. The van der Waals surface area contributed by atoms with E-state index >= 15 is 0 Å². The zero-order chi connectivity index (χ0) is 13.7. The summed E-state index contributed by atoms with van der Waals surface area (Å²) in [5.41, 5.74) is 1.29. The smallest absolute Gasteiger partial charge is 0.123 e. The summed E-state index contributed by atoms with van der Waals surface area (Å²) in [7, 11) is 0. The van der Waals surface area contributed by atoms with Gasteiger partial charge in [0.15, 0.2) is 0 Å². The fourth-order valence-electron chi connectivity index (χ4n) is 2.55. The molecular weight excluding hydrogens is 302 g/mol. The summed E-state index contributed by atoms with van der Waals surface area (Å²) in [4.78, 5) is 0. The van der Waals surface area contributed by atoms with Crippen LogP contribution in [0.1, 0.15) is 44.6 Å². The van der Waals surface area contributed by atoms with E-state index in [1.807, 2.05) is 0 Å². The zero-order valence-electron chi connectivity index (χ0n) is 12.0. The average molecular weight is 326 g/mol. The van der Waals surface area contributed by atoms with Crippen LogP contribution < -0.4 is 10.1 Å². The van der Waals surface area contributed by atoms with Gasteiger partial charge < -0.3 is 10.1 Å². The third-order valence-electron chi connectivity index (χ3n) is 3.91. The molecule has 1 N–H and O–H groups in total. The Hall–Kier alpha value is -0.540. The van der Waals surface area contributed by atoms with Crippen molar-refractivity contribution < 1.29 is 4.74 Å². The van der Waals surface area contributed by atoms with Crippen LogP contribution in [-0.2, 0) is 0 Å². The van der Waals surface area contributed by atoms with E-state index in [2.05, 4.69) is 53.3 Å². The van der Waals surface area contributed by atoms with E-state index in [1.54, 1.807) is 0 Å². The van der Waals surface area contributed by atoms with Crippen LogP contribution in [0.25, 0.3) is 0 Å². The highest BCUT2D eigenvalue weighted by atomic mass is 79.9. The van der Waals surface area contributed by atoms with Crippen molar-refractivity contribution in [1.82, 2.24) is 5.32 Å². The molecule has 0 saturated heterocycles. The highest BCUT2D eigenvalue weighted by molar-refractivity contribution is 9.10.